The van der Waals surface area contributed by atoms with E-state index in [1.807, 2.05) is 47.8 Å². The lowest BCUT2D eigenvalue weighted by atomic mass is 9.94. The lowest BCUT2D eigenvalue weighted by Gasteiger charge is -2.12. The summed E-state index contributed by atoms with van der Waals surface area (Å²) in [5, 5.41) is 8.40. The lowest BCUT2D eigenvalue weighted by Crippen LogP contribution is -2.15. The largest absolute Gasteiger partial charge is 0.275 e. The maximum Gasteiger partial charge on any atom is 0.263 e. The Morgan fingerprint density at radius 2 is 1.42 bits per heavy atom. The van der Waals surface area contributed by atoms with Crippen LogP contribution in [0.15, 0.2) is 121 Å². The van der Waals surface area contributed by atoms with Gasteiger partial charge in [-0.05, 0) is 87.8 Å². The summed E-state index contributed by atoms with van der Waals surface area (Å²) >= 11 is 3.48. The average molecular weight is 652 g/mol. The molecule has 228 valence electrons. The molecule has 0 bridgehead atoms. The van der Waals surface area contributed by atoms with Gasteiger partial charge in [-0.15, -0.1) is 22.7 Å². The number of aromatic nitrogens is 1. The molecule has 0 saturated carbocycles. The zero-order valence-corrected chi connectivity index (χ0v) is 28.0. The van der Waals surface area contributed by atoms with Crippen molar-refractivity contribution in [1.29, 1.82) is 0 Å². The third kappa shape index (κ3) is 4.00. The molecule has 0 radical (unpaired) electrons. The van der Waals surface area contributed by atoms with Gasteiger partial charge in [-0.3, -0.25) is 9.20 Å². The first-order chi connectivity index (χ1) is 23.5. The third-order valence-corrected chi connectivity index (χ3v) is 11.8. The first-order valence-electron chi connectivity index (χ1n) is 15.9. The van der Waals surface area contributed by atoms with Crippen molar-refractivity contribution in [2.75, 3.05) is 0 Å². The Bertz CT molecular complexity index is 3040. The van der Waals surface area contributed by atoms with Gasteiger partial charge in [0.15, 0.2) is 0 Å². The Labute approximate surface area is 284 Å². The molecule has 4 aromatic heterocycles. The first kappa shape index (κ1) is 28.7. The van der Waals surface area contributed by atoms with E-state index in [1.165, 1.54) is 25.0 Å². The van der Waals surface area contributed by atoms with Gasteiger partial charge in [-0.2, -0.15) is 0 Å². The molecule has 0 unspecified atom stereocenters. The highest BCUT2D eigenvalue weighted by atomic mass is 32.1. The van der Waals surface area contributed by atoms with Crippen LogP contribution in [0.3, 0.4) is 0 Å². The highest BCUT2D eigenvalue weighted by molar-refractivity contribution is 7.20. The number of fused-ring (bicyclic) bond motifs is 7. The van der Waals surface area contributed by atoms with E-state index in [0.717, 1.165) is 70.1 Å². The SMILES string of the molecule is C=C/C=c1\c(=C)sc2ccc(-c3ccc4c5ccc(-c6ccc7sc(/C=C\C)c(C=C)c7c6)c6c7ccccc7c(=O)n(c4c3)c56)cc12. The van der Waals surface area contributed by atoms with Gasteiger partial charge in [0.25, 0.3) is 5.56 Å². The molecule has 0 fully saturated rings. The topological polar surface area (TPSA) is 21.5 Å². The number of thiophene rings is 2. The molecule has 0 saturated heterocycles. The normalized spacial score (nSPS) is 12.6. The van der Waals surface area contributed by atoms with Gasteiger partial charge in [0.2, 0.25) is 0 Å². The van der Waals surface area contributed by atoms with Crippen LogP contribution in [0.25, 0.3) is 105 Å². The van der Waals surface area contributed by atoms with Crippen molar-refractivity contribution >= 4 is 106 Å². The van der Waals surface area contributed by atoms with Crippen molar-refractivity contribution in [3.8, 4) is 22.3 Å². The van der Waals surface area contributed by atoms with Crippen LogP contribution in [-0.2, 0) is 0 Å². The average Bonchev–Trinajstić information content (AvgIpc) is 3.75. The number of rotatable bonds is 5. The van der Waals surface area contributed by atoms with Gasteiger partial charge in [0.1, 0.15) is 0 Å². The molecular weight excluding hydrogens is 623 g/mol. The Morgan fingerprint density at radius 1 is 0.708 bits per heavy atom. The second-order valence-electron chi connectivity index (χ2n) is 12.1. The van der Waals surface area contributed by atoms with Crippen LogP contribution in [-0.4, -0.2) is 4.40 Å². The van der Waals surface area contributed by atoms with Gasteiger partial charge in [0, 0.05) is 51.1 Å². The van der Waals surface area contributed by atoms with E-state index in [4.69, 9.17) is 0 Å². The maximum atomic E-state index is 14.4. The van der Waals surface area contributed by atoms with Gasteiger partial charge >= 0.3 is 0 Å². The second kappa shape index (κ2) is 10.7. The highest BCUT2D eigenvalue weighted by Gasteiger charge is 2.21. The molecule has 2 nitrogen and oxygen atoms in total. The molecule has 9 aromatic rings. The predicted octanol–water partition coefficient (Wildman–Crippen LogP) is 11.0. The summed E-state index contributed by atoms with van der Waals surface area (Å²) < 4.78 is 5.41. The summed E-state index contributed by atoms with van der Waals surface area (Å²) in [6.45, 7) is 14.4. The molecular formula is C44H29NOS2. The van der Waals surface area contributed by atoms with Gasteiger partial charge in [-0.25, -0.2) is 0 Å². The van der Waals surface area contributed by atoms with Crippen LogP contribution in [0, 0.1) is 0 Å². The van der Waals surface area contributed by atoms with Crippen molar-refractivity contribution < 1.29 is 0 Å². The molecule has 0 aliphatic rings. The molecule has 4 heteroatoms. The zero-order chi connectivity index (χ0) is 32.7. The predicted molar refractivity (Wildman–Crippen MR) is 213 cm³/mol. The Morgan fingerprint density at radius 3 is 2.21 bits per heavy atom. The minimum Gasteiger partial charge on any atom is -0.275 e. The minimum absolute atomic E-state index is 0.00322. The number of hydrogen-bond acceptors (Lipinski definition) is 3. The van der Waals surface area contributed by atoms with Crippen LogP contribution in [0.5, 0.6) is 0 Å². The van der Waals surface area contributed by atoms with Gasteiger partial charge < -0.3 is 0 Å². The summed E-state index contributed by atoms with van der Waals surface area (Å²) in [5.41, 5.74) is 7.44. The van der Waals surface area contributed by atoms with E-state index in [9.17, 15) is 4.79 Å². The van der Waals surface area contributed by atoms with E-state index in [0.29, 0.717) is 5.39 Å². The molecule has 0 amide bonds. The van der Waals surface area contributed by atoms with Crippen molar-refractivity contribution in [2.45, 2.75) is 6.92 Å². The summed E-state index contributed by atoms with van der Waals surface area (Å²) in [6.07, 6.45) is 10.0. The smallest absolute Gasteiger partial charge is 0.263 e. The molecule has 0 aliphatic heterocycles. The van der Waals surface area contributed by atoms with E-state index < -0.39 is 0 Å². The fourth-order valence-electron chi connectivity index (χ4n) is 7.45. The van der Waals surface area contributed by atoms with Crippen LogP contribution in [0.2, 0.25) is 0 Å². The Hall–Kier alpha value is -5.55. The molecule has 4 heterocycles. The summed E-state index contributed by atoms with van der Waals surface area (Å²) in [5.74, 6) is 0. The quantitative estimate of drug-likeness (QED) is 0.170. The monoisotopic (exact) mass is 651 g/mol. The lowest BCUT2D eigenvalue weighted by molar-refractivity contribution is 1.21. The molecule has 0 spiro atoms. The summed E-state index contributed by atoms with van der Waals surface area (Å²) in [4.78, 5) is 15.6. The van der Waals surface area contributed by atoms with Gasteiger partial charge in [-0.1, -0.05) is 98.6 Å². The van der Waals surface area contributed by atoms with Crippen molar-refractivity contribution in [1.82, 2.24) is 4.40 Å². The molecule has 0 aliphatic carbocycles. The Kier molecular flexibility index (Phi) is 6.41. The highest BCUT2D eigenvalue weighted by Crippen LogP contribution is 2.43. The minimum atomic E-state index is 0.00322. The van der Waals surface area contributed by atoms with Crippen molar-refractivity contribution in [3.05, 3.63) is 147 Å². The summed E-state index contributed by atoms with van der Waals surface area (Å²) in [7, 11) is 0. The maximum absolute atomic E-state index is 14.4. The Balaban J connectivity index is 1.35. The number of hydrogen-bond donors (Lipinski definition) is 0. The summed E-state index contributed by atoms with van der Waals surface area (Å²) in [6, 6.07) is 32.3. The molecule has 48 heavy (non-hydrogen) atoms. The van der Waals surface area contributed by atoms with E-state index in [1.54, 1.807) is 22.7 Å². The molecule has 0 atom stereocenters. The van der Waals surface area contributed by atoms with E-state index in [-0.39, 0.29) is 5.56 Å². The van der Waals surface area contributed by atoms with Crippen molar-refractivity contribution in [2.24, 2.45) is 0 Å². The first-order valence-corrected chi connectivity index (χ1v) is 17.6. The zero-order valence-electron chi connectivity index (χ0n) is 26.3. The second-order valence-corrected chi connectivity index (χ2v) is 14.4. The van der Waals surface area contributed by atoms with E-state index in [2.05, 4.69) is 105 Å². The number of benzene rings is 5. The third-order valence-electron chi connectivity index (χ3n) is 9.57. The van der Waals surface area contributed by atoms with Crippen LogP contribution >= 0.6 is 22.7 Å². The van der Waals surface area contributed by atoms with E-state index >= 15 is 0 Å². The molecule has 9 rings (SSSR count). The van der Waals surface area contributed by atoms with Crippen LogP contribution in [0.4, 0.5) is 0 Å². The standard InChI is InChI=1S/C44H29NOS2/c1-5-10-30-25(4)47-40-20-15-26(22-37(30)40)27-14-17-32-34-19-18-31(28-16-21-41-36(23-28)29(7-3)39(48-41)11-6-2)42-33-12-8-9-13-35(33)44(46)45(43(34)42)38(32)24-27/h5-24H,1,3-4H2,2H3/b11-6-,30-10+. The molecule has 5 aromatic carbocycles. The van der Waals surface area contributed by atoms with Gasteiger partial charge in [0.05, 0.1) is 11.0 Å². The fourth-order valence-corrected chi connectivity index (χ4v) is 9.58. The number of pyridine rings is 1. The number of nitrogens with zero attached hydrogens (tertiary/aromatic N) is 1. The van der Waals surface area contributed by atoms with Crippen molar-refractivity contribution in [3.63, 3.8) is 0 Å². The molecule has 0 N–H and O–H groups in total. The van der Waals surface area contributed by atoms with Crippen LogP contribution in [0.1, 0.15) is 17.4 Å². The number of allylic oxidation sites excluding steroid dienone is 2. The fraction of sp³-hybridized carbons (Fsp3) is 0.0227. The van der Waals surface area contributed by atoms with Crippen LogP contribution < -0.4 is 15.3 Å².